The summed E-state index contributed by atoms with van der Waals surface area (Å²) in [6, 6.07) is 5.80. The first-order valence-corrected chi connectivity index (χ1v) is 5.56. The van der Waals surface area contributed by atoms with Gasteiger partial charge in [-0.15, -0.1) is 6.42 Å². The van der Waals surface area contributed by atoms with Gasteiger partial charge in [-0.25, -0.2) is 0 Å². The molecular formula is C12H14BrNO. The van der Waals surface area contributed by atoms with Crippen LogP contribution in [-0.4, -0.2) is 13.2 Å². The van der Waals surface area contributed by atoms with Crippen LogP contribution in [0.2, 0.25) is 0 Å². The zero-order valence-corrected chi connectivity index (χ0v) is 10.5. The molecule has 1 rings (SSSR count). The Morgan fingerprint density at radius 3 is 2.87 bits per heavy atom. The van der Waals surface area contributed by atoms with Crippen LogP contribution in [-0.2, 0) is 0 Å². The summed E-state index contributed by atoms with van der Waals surface area (Å²) in [6.07, 6.45) is 6.28. The summed E-state index contributed by atoms with van der Waals surface area (Å²) in [7, 11) is 1.64. The number of nitrogens with one attached hydrogen (secondary N) is 1. The van der Waals surface area contributed by atoms with Crippen molar-refractivity contribution in [1.29, 1.82) is 0 Å². The average Bonchev–Trinajstić information content (AvgIpc) is 2.28. The molecule has 0 saturated heterocycles. The van der Waals surface area contributed by atoms with Crippen LogP contribution in [0.1, 0.15) is 13.3 Å². The van der Waals surface area contributed by atoms with Gasteiger partial charge in [-0.2, -0.15) is 0 Å². The lowest BCUT2D eigenvalue weighted by Gasteiger charge is -2.14. The molecule has 1 aromatic rings. The minimum Gasteiger partial charge on any atom is -0.497 e. The highest BCUT2D eigenvalue weighted by atomic mass is 79.9. The zero-order chi connectivity index (χ0) is 11.3. The number of methoxy groups -OCH3 is 1. The molecule has 1 atom stereocenters. The van der Waals surface area contributed by atoms with Crippen LogP contribution < -0.4 is 10.1 Å². The van der Waals surface area contributed by atoms with Crippen molar-refractivity contribution in [2.45, 2.75) is 19.4 Å². The van der Waals surface area contributed by atoms with E-state index in [-0.39, 0.29) is 6.04 Å². The summed E-state index contributed by atoms with van der Waals surface area (Å²) in [5, 5.41) is 3.26. The van der Waals surface area contributed by atoms with Crippen molar-refractivity contribution in [2.75, 3.05) is 12.4 Å². The normalized spacial score (nSPS) is 11.6. The van der Waals surface area contributed by atoms with E-state index in [1.165, 1.54) is 0 Å². The molecule has 0 spiro atoms. The van der Waals surface area contributed by atoms with Gasteiger partial charge in [0, 0.05) is 10.5 Å². The molecule has 0 amide bonds. The zero-order valence-electron chi connectivity index (χ0n) is 8.88. The molecule has 0 radical (unpaired) electrons. The van der Waals surface area contributed by atoms with Crippen LogP contribution in [0.3, 0.4) is 0 Å². The second kappa shape index (κ2) is 5.67. The molecule has 1 unspecified atom stereocenters. The van der Waals surface area contributed by atoms with Crippen molar-refractivity contribution in [3.63, 3.8) is 0 Å². The Bertz CT molecular complexity index is 370. The molecule has 0 saturated carbocycles. The Morgan fingerprint density at radius 1 is 1.60 bits per heavy atom. The van der Waals surface area contributed by atoms with Crippen LogP contribution in [0.15, 0.2) is 22.7 Å². The van der Waals surface area contributed by atoms with E-state index in [2.05, 4.69) is 27.2 Å². The van der Waals surface area contributed by atoms with Crippen LogP contribution in [0.4, 0.5) is 5.69 Å². The second-order valence-corrected chi connectivity index (χ2v) is 3.97. The van der Waals surface area contributed by atoms with Crippen molar-refractivity contribution in [2.24, 2.45) is 0 Å². The van der Waals surface area contributed by atoms with Gasteiger partial charge in [0.1, 0.15) is 5.75 Å². The molecule has 3 heteroatoms. The van der Waals surface area contributed by atoms with Gasteiger partial charge in [0.25, 0.3) is 0 Å². The van der Waals surface area contributed by atoms with Gasteiger partial charge >= 0.3 is 0 Å². The minimum absolute atomic E-state index is 0.0495. The fourth-order valence-corrected chi connectivity index (χ4v) is 1.55. The van der Waals surface area contributed by atoms with Gasteiger partial charge in [-0.3, -0.25) is 0 Å². The Labute approximate surface area is 99.2 Å². The van der Waals surface area contributed by atoms with Gasteiger partial charge < -0.3 is 10.1 Å². The maximum absolute atomic E-state index is 5.39. The standard InChI is InChI=1S/C12H14BrNO/c1-4-9(5-2)14-12-8-10(15-3)6-7-11(12)13/h1,6-9,14H,5H2,2-3H3. The van der Waals surface area contributed by atoms with Crippen LogP contribution in [0, 0.1) is 12.3 Å². The fourth-order valence-electron chi connectivity index (χ4n) is 1.19. The molecule has 0 bridgehead atoms. The molecule has 0 fully saturated rings. The van der Waals surface area contributed by atoms with Crippen molar-refractivity contribution < 1.29 is 4.74 Å². The lowest BCUT2D eigenvalue weighted by molar-refractivity contribution is 0.415. The minimum atomic E-state index is 0.0495. The van der Waals surface area contributed by atoms with E-state index in [0.717, 1.165) is 22.3 Å². The largest absolute Gasteiger partial charge is 0.497 e. The van der Waals surface area contributed by atoms with Crippen molar-refractivity contribution in [3.05, 3.63) is 22.7 Å². The smallest absolute Gasteiger partial charge is 0.121 e. The second-order valence-electron chi connectivity index (χ2n) is 3.12. The number of halogens is 1. The molecule has 0 aromatic heterocycles. The van der Waals surface area contributed by atoms with Gasteiger partial charge in [0.05, 0.1) is 18.8 Å². The Kier molecular flexibility index (Phi) is 4.51. The highest BCUT2D eigenvalue weighted by Crippen LogP contribution is 2.27. The van der Waals surface area contributed by atoms with Gasteiger partial charge in [-0.1, -0.05) is 12.8 Å². The van der Waals surface area contributed by atoms with Crippen molar-refractivity contribution >= 4 is 21.6 Å². The lowest BCUT2D eigenvalue weighted by Crippen LogP contribution is -2.15. The van der Waals surface area contributed by atoms with Crippen molar-refractivity contribution in [3.8, 4) is 18.1 Å². The lowest BCUT2D eigenvalue weighted by atomic mass is 10.2. The molecule has 2 nitrogen and oxygen atoms in total. The van der Waals surface area contributed by atoms with E-state index in [9.17, 15) is 0 Å². The molecule has 0 aliphatic heterocycles. The summed E-state index contributed by atoms with van der Waals surface area (Å²) < 4.78 is 6.13. The first-order chi connectivity index (χ1) is 7.21. The van der Waals surface area contributed by atoms with Crippen LogP contribution in [0.25, 0.3) is 0 Å². The topological polar surface area (TPSA) is 21.3 Å². The van der Waals surface area contributed by atoms with Gasteiger partial charge in [0.15, 0.2) is 0 Å². The summed E-state index contributed by atoms with van der Waals surface area (Å²) in [5.74, 6) is 3.50. The highest BCUT2D eigenvalue weighted by molar-refractivity contribution is 9.10. The van der Waals surface area contributed by atoms with Crippen LogP contribution in [0.5, 0.6) is 5.75 Å². The Hall–Kier alpha value is -1.14. The van der Waals surface area contributed by atoms with E-state index in [1.54, 1.807) is 7.11 Å². The highest BCUT2D eigenvalue weighted by Gasteiger charge is 2.06. The Balaban J connectivity index is 2.88. The predicted molar refractivity (Wildman–Crippen MR) is 67.2 cm³/mol. The quantitative estimate of drug-likeness (QED) is 0.846. The first-order valence-electron chi connectivity index (χ1n) is 4.77. The Morgan fingerprint density at radius 2 is 2.33 bits per heavy atom. The first kappa shape index (κ1) is 11.9. The maximum atomic E-state index is 5.39. The van der Waals surface area contributed by atoms with E-state index in [0.29, 0.717) is 0 Å². The number of hydrogen-bond donors (Lipinski definition) is 1. The van der Waals surface area contributed by atoms with Gasteiger partial charge in [-0.05, 0) is 34.5 Å². The third kappa shape index (κ3) is 3.17. The van der Waals surface area contributed by atoms with E-state index in [1.807, 2.05) is 25.1 Å². The maximum Gasteiger partial charge on any atom is 0.121 e. The molecular weight excluding hydrogens is 254 g/mol. The number of benzene rings is 1. The third-order valence-electron chi connectivity index (χ3n) is 2.11. The molecule has 80 valence electrons. The summed E-state index contributed by atoms with van der Waals surface area (Å²) >= 11 is 3.46. The molecule has 0 aliphatic rings. The van der Waals surface area contributed by atoms with Gasteiger partial charge in [0.2, 0.25) is 0 Å². The third-order valence-corrected chi connectivity index (χ3v) is 2.80. The van der Waals surface area contributed by atoms with E-state index in [4.69, 9.17) is 11.2 Å². The molecule has 0 heterocycles. The van der Waals surface area contributed by atoms with Crippen LogP contribution >= 0.6 is 15.9 Å². The summed E-state index contributed by atoms with van der Waals surface area (Å²) in [6.45, 7) is 2.05. The van der Waals surface area contributed by atoms with E-state index < -0.39 is 0 Å². The molecule has 1 aromatic carbocycles. The number of ether oxygens (including phenoxy) is 1. The number of hydrogen-bond acceptors (Lipinski definition) is 2. The average molecular weight is 268 g/mol. The number of anilines is 1. The van der Waals surface area contributed by atoms with Crippen molar-refractivity contribution in [1.82, 2.24) is 0 Å². The molecule has 15 heavy (non-hydrogen) atoms. The number of rotatable bonds is 4. The summed E-state index contributed by atoms with van der Waals surface area (Å²) in [5.41, 5.74) is 0.958. The molecule has 0 aliphatic carbocycles. The fraction of sp³-hybridized carbons (Fsp3) is 0.333. The monoisotopic (exact) mass is 267 g/mol. The molecule has 1 N–H and O–H groups in total. The summed E-state index contributed by atoms with van der Waals surface area (Å²) in [4.78, 5) is 0. The predicted octanol–water partition coefficient (Wildman–Crippen LogP) is 3.28. The number of terminal acetylenes is 1. The SMILES string of the molecule is C#CC(CC)Nc1cc(OC)ccc1Br. The van der Waals surface area contributed by atoms with E-state index >= 15 is 0 Å².